The maximum Gasteiger partial charge on any atom is 0.500 e. The molecule has 0 rings (SSSR count). The van der Waals surface area contributed by atoms with Gasteiger partial charge in [0.1, 0.15) is 6.11 Å². The van der Waals surface area contributed by atoms with E-state index < -0.39 is 29.1 Å². The second kappa shape index (κ2) is 45.5. The van der Waals surface area contributed by atoms with E-state index in [1.54, 1.807) is 41.3 Å². The van der Waals surface area contributed by atoms with Crippen molar-refractivity contribution >= 4 is 107 Å². The molecular formula is C42H61Cl7O5Si4. The van der Waals surface area contributed by atoms with Gasteiger partial charge >= 0.3 is 20.8 Å². The van der Waals surface area contributed by atoms with Gasteiger partial charge in [-0.05, 0) is 111 Å². The van der Waals surface area contributed by atoms with E-state index in [1.165, 1.54) is 70.3 Å². The number of alkyl halides is 1. The van der Waals surface area contributed by atoms with Crippen molar-refractivity contribution in [3.8, 4) is 94.9 Å². The van der Waals surface area contributed by atoms with Crippen LogP contribution in [0.5, 0.6) is 0 Å². The van der Waals surface area contributed by atoms with Crippen LogP contribution in [0.2, 0.25) is 37.3 Å². The number of hydrogen-bond acceptors (Lipinski definition) is 5. The fraction of sp³-hybridized carbons (Fsp3) is 0.619. The molecule has 0 aromatic heterocycles. The molecule has 5 nitrogen and oxygen atoms in total. The molecule has 0 saturated carbocycles. The molecule has 0 heterocycles. The van der Waals surface area contributed by atoms with Crippen LogP contribution in [-0.2, 0) is 17.7 Å². The van der Waals surface area contributed by atoms with Crippen molar-refractivity contribution in [1.29, 1.82) is 0 Å². The van der Waals surface area contributed by atoms with Crippen LogP contribution < -0.4 is 0 Å². The topological polar surface area (TPSA) is 57.2 Å². The maximum absolute atomic E-state index is 7.85. The number of aliphatic hydroxyl groups excluding tert-OH is 1. The fourth-order valence-corrected chi connectivity index (χ4v) is 11.1. The summed E-state index contributed by atoms with van der Waals surface area (Å²) in [7, 11) is 3.16. The van der Waals surface area contributed by atoms with Gasteiger partial charge in [-0.3, -0.25) is 0 Å². The highest BCUT2D eigenvalue weighted by Gasteiger charge is 2.36. The maximum atomic E-state index is 7.85. The molecule has 0 saturated heterocycles. The number of rotatable bonds is 23. The highest BCUT2D eigenvalue weighted by atomic mass is 35.8. The average molecular weight is 1010 g/mol. The van der Waals surface area contributed by atoms with Gasteiger partial charge in [-0.15, -0.1) is 78.1 Å². The summed E-state index contributed by atoms with van der Waals surface area (Å²) >= 11 is 40.2. The third-order valence-corrected chi connectivity index (χ3v) is 18.4. The van der Waals surface area contributed by atoms with E-state index in [-0.39, 0.29) is 5.88 Å². The Bertz CT molecular complexity index is 1500. The van der Waals surface area contributed by atoms with Crippen molar-refractivity contribution in [2.24, 2.45) is 0 Å². The van der Waals surface area contributed by atoms with E-state index in [0.717, 1.165) is 37.4 Å². The third-order valence-electron chi connectivity index (χ3n) is 7.50. The smallest absolute Gasteiger partial charge is 0.461 e. The van der Waals surface area contributed by atoms with Crippen LogP contribution in [-0.4, -0.2) is 68.6 Å². The first-order chi connectivity index (χ1) is 27.5. The molecule has 0 unspecified atom stereocenters. The van der Waals surface area contributed by atoms with Crippen LogP contribution in [0.4, 0.5) is 0 Å². The average Bonchev–Trinajstić information content (AvgIpc) is 3.18. The summed E-state index contributed by atoms with van der Waals surface area (Å²) in [4.78, 5) is 0. The lowest BCUT2D eigenvalue weighted by Crippen LogP contribution is -2.42. The van der Waals surface area contributed by atoms with Gasteiger partial charge in [0.15, 0.2) is 8.32 Å². The van der Waals surface area contributed by atoms with E-state index >= 15 is 0 Å². The fourth-order valence-electron chi connectivity index (χ4n) is 4.27. The molecule has 16 heteroatoms. The number of halogens is 7. The van der Waals surface area contributed by atoms with Crippen molar-refractivity contribution in [1.82, 2.24) is 0 Å². The predicted octanol–water partition coefficient (Wildman–Crippen LogP) is 12.7. The second-order valence-corrected chi connectivity index (χ2v) is 38.9. The van der Waals surface area contributed by atoms with Crippen LogP contribution in [0.3, 0.4) is 0 Å². The largest absolute Gasteiger partial charge is 0.500 e. The molecule has 58 heavy (non-hydrogen) atoms. The Hall–Kier alpha value is -0.982. The van der Waals surface area contributed by atoms with Gasteiger partial charge < -0.3 is 22.8 Å². The minimum atomic E-state index is -2.38. The Labute approximate surface area is 390 Å². The molecule has 0 aliphatic rings. The summed E-state index contributed by atoms with van der Waals surface area (Å²) in [5, 5.41) is 7.85. The van der Waals surface area contributed by atoms with Gasteiger partial charge in [0.2, 0.25) is 0 Å². The van der Waals surface area contributed by atoms with Crippen molar-refractivity contribution in [2.75, 3.05) is 34.3 Å². The zero-order valence-corrected chi connectivity index (χ0v) is 44.7. The van der Waals surface area contributed by atoms with E-state index in [4.69, 9.17) is 101 Å². The van der Waals surface area contributed by atoms with Crippen LogP contribution >= 0.6 is 78.1 Å². The summed E-state index contributed by atoms with van der Waals surface area (Å²) in [6.45, 7) is 7.93. The van der Waals surface area contributed by atoms with Crippen molar-refractivity contribution in [3.63, 3.8) is 0 Å². The highest BCUT2D eigenvalue weighted by Crippen LogP contribution is 2.29. The van der Waals surface area contributed by atoms with Gasteiger partial charge in [-0.2, -0.15) is 0 Å². The van der Waals surface area contributed by atoms with Gasteiger partial charge in [-0.25, -0.2) is 0 Å². The van der Waals surface area contributed by atoms with Gasteiger partial charge in [0, 0.05) is 46.3 Å². The van der Waals surface area contributed by atoms with E-state index in [1.807, 2.05) is 7.11 Å². The lowest BCUT2D eigenvalue weighted by molar-refractivity contribution is 0.122. The minimum absolute atomic E-state index is 0.286. The monoisotopic (exact) mass is 1000 g/mol. The molecule has 0 aliphatic carbocycles. The first-order valence-corrected chi connectivity index (χ1v) is 34.9. The highest BCUT2D eigenvalue weighted by molar-refractivity contribution is 7.65. The normalized spacial score (nSPS) is 9.78. The van der Waals surface area contributed by atoms with Crippen molar-refractivity contribution in [3.05, 3.63) is 0 Å². The Balaban J connectivity index is -0.000000349. The standard InChI is InChI=1S/C12H5Cl.C12H30O4Si2.C11H22Cl6Si2.C7H4O/c1-2-3-4-5-6-7-8-9-10-11-12-13;1-13-17(5,6)11-9-7-8-10-12-18(14-2,15-3)16-4;12-18(13,14)10-8-6-4-2-1-3-5-7-9-11-19(15,16)17;1-2-3-4-5-6-7-8/h12H2,1H3;7-12H2,1-6H3;1-11H2;8H,1H3. The van der Waals surface area contributed by atoms with Crippen LogP contribution in [0.25, 0.3) is 0 Å². The molecule has 0 aliphatic heterocycles. The molecule has 324 valence electrons. The Morgan fingerprint density at radius 3 is 1.03 bits per heavy atom. The van der Waals surface area contributed by atoms with Gasteiger partial charge in [0.25, 0.3) is 0 Å². The number of unbranched alkanes of at least 4 members (excludes halogenated alkanes) is 11. The Morgan fingerprint density at radius 2 is 0.724 bits per heavy atom. The molecule has 0 atom stereocenters. The molecule has 0 aromatic carbocycles. The van der Waals surface area contributed by atoms with Crippen LogP contribution in [0.15, 0.2) is 0 Å². The van der Waals surface area contributed by atoms with E-state index in [0.29, 0.717) is 0 Å². The summed E-state index contributed by atoms with van der Waals surface area (Å²) in [6, 6.07) is -1.03. The first-order valence-electron chi connectivity index (χ1n) is 18.8. The second-order valence-electron chi connectivity index (χ2n) is 12.5. The third kappa shape index (κ3) is 57.1. The summed E-state index contributed by atoms with van der Waals surface area (Å²) < 4.78 is 21.7. The zero-order chi connectivity index (χ0) is 44.9. The van der Waals surface area contributed by atoms with Gasteiger partial charge in [-0.1, -0.05) is 94.8 Å². The van der Waals surface area contributed by atoms with E-state index in [9.17, 15) is 0 Å². The molecule has 0 aromatic rings. The Kier molecular flexibility index (Phi) is 50.0. The Morgan fingerprint density at radius 1 is 0.414 bits per heavy atom. The number of hydrogen-bond donors (Lipinski definition) is 1. The minimum Gasteiger partial charge on any atom is -0.461 e. The summed E-state index contributed by atoms with van der Waals surface area (Å²) in [5.41, 5.74) is 0. The lowest BCUT2D eigenvalue weighted by atomic mass is 10.1. The molecule has 0 radical (unpaired) electrons. The van der Waals surface area contributed by atoms with Crippen molar-refractivity contribution in [2.45, 2.75) is 135 Å². The van der Waals surface area contributed by atoms with Crippen LogP contribution in [0.1, 0.15) is 97.3 Å². The zero-order valence-electron chi connectivity index (χ0n) is 35.5. The quantitative estimate of drug-likeness (QED) is 0.0363. The first kappa shape index (κ1) is 63.7. The summed E-state index contributed by atoms with van der Waals surface area (Å²) in [6.07, 6.45) is 17.3. The molecule has 0 fully saturated rings. The van der Waals surface area contributed by atoms with Crippen LogP contribution in [0, 0.1) is 94.9 Å². The van der Waals surface area contributed by atoms with Crippen molar-refractivity contribution < 1.29 is 22.8 Å². The molecule has 1 N–H and O–H groups in total. The molecule has 0 spiro atoms. The van der Waals surface area contributed by atoms with Gasteiger partial charge in [0.05, 0.1) is 5.88 Å². The molecule has 0 bridgehead atoms. The summed E-state index contributed by atoms with van der Waals surface area (Å²) in [5.74, 6) is 37.4. The number of aliphatic hydroxyl groups is 1. The molecular weight excluding hydrogens is 945 g/mol. The predicted molar refractivity (Wildman–Crippen MR) is 263 cm³/mol. The SMILES string of the molecule is CC#CC#CC#CC#CC#CCCl.CC#CC#CC#CO.CO[Si](C)(C)CCCCCC[Si](OC)(OC)OC.Cl[Si](Cl)(Cl)CCCCCCCCCCC[Si](Cl)(Cl)Cl. The van der Waals surface area contributed by atoms with E-state index in [2.05, 4.69) is 102 Å². The molecule has 0 amide bonds. The lowest BCUT2D eigenvalue weighted by Gasteiger charge is -2.24.